The molecule has 4 rings (SSSR count). The number of fused-ring (bicyclic) bond motifs is 2. The minimum atomic E-state index is 0.0287. The van der Waals surface area contributed by atoms with Crippen LogP contribution in [0, 0.1) is 17.8 Å². The molecule has 0 radical (unpaired) electrons. The van der Waals surface area contributed by atoms with Crippen LogP contribution in [0.25, 0.3) is 0 Å². The molecule has 0 aliphatic heterocycles. The molecule has 1 heterocycles. The lowest BCUT2D eigenvalue weighted by Gasteiger charge is -2.28. The van der Waals surface area contributed by atoms with Gasteiger partial charge in [0.25, 0.3) is 5.91 Å². The van der Waals surface area contributed by atoms with Crippen molar-refractivity contribution in [3.05, 3.63) is 48.0 Å². The fourth-order valence-electron chi connectivity index (χ4n) is 4.67. The molecule has 1 N–H and O–H groups in total. The summed E-state index contributed by atoms with van der Waals surface area (Å²) in [6, 6.07) is 8.00. The SMILES string of the molecule is C[C@@H](NC(=O)c1ccccc1Cn1cncn1)[C@@H]1C[C@H]2CC[C@H]1C2. The number of carbonyl (C=O) groups excluding carboxylic acids is 1. The van der Waals surface area contributed by atoms with Crippen LogP contribution in [0.2, 0.25) is 0 Å². The zero-order valence-electron chi connectivity index (χ0n) is 14.1. The molecule has 5 nitrogen and oxygen atoms in total. The first-order chi connectivity index (χ1) is 11.7. The highest BCUT2D eigenvalue weighted by molar-refractivity contribution is 5.95. The lowest BCUT2D eigenvalue weighted by Crippen LogP contribution is -2.40. The second-order valence-electron chi connectivity index (χ2n) is 7.35. The summed E-state index contributed by atoms with van der Waals surface area (Å²) in [5, 5.41) is 7.39. The van der Waals surface area contributed by atoms with E-state index in [4.69, 9.17) is 0 Å². The van der Waals surface area contributed by atoms with Gasteiger partial charge in [-0.2, -0.15) is 5.10 Å². The molecule has 1 aromatic heterocycles. The van der Waals surface area contributed by atoms with E-state index in [1.54, 1.807) is 11.0 Å². The van der Waals surface area contributed by atoms with Crippen molar-refractivity contribution in [2.75, 3.05) is 0 Å². The highest BCUT2D eigenvalue weighted by Crippen LogP contribution is 2.49. The molecular weight excluding hydrogens is 300 g/mol. The lowest BCUT2D eigenvalue weighted by atomic mass is 9.84. The maximum atomic E-state index is 12.8. The van der Waals surface area contributed by atoms with Crippen LogP contribution >= 0.6 is 0 Å². The van der Waals surface area contributed by atoms with E-state index in [1.807, 2.05) is 24.3 Å². The van der Waals surface area contributed by atoms with Crippen molar-refractivity contribution in [1.29, 1.82) is 0 Å². The second-order valence-corrected chi connectivity index (χ2v) is 7.35. The molecule has 2 saturated carbocycles. The number of hydrogen-bond donors (Lipinski definition) is 1. The topological polar surface area (TPSA) is 59.8 Å². The Morgan fingerprint density at radius 3 is 2.92 bits per heavy atom. The van der Waals surface area contributed by atoms with Gasteiger partial charge in [0.15, 0.2) is 0 Å². The average molecular weight is 324 g/mol. The summed E-state index contributed by atoms with van der Waals surface area (Å²) in [7, 11) is 0. The first kappa shape index (κ1) is 15.4. The molecule has 5 heteroatoms. The molecule has 0 spiro atoms. The van der Waals surface area contributed by atoms with Gasteiger partial charge < -0.3 is 5.32 Å². The van der Waals surface area contributed by atoms with E-state index in [0.717, 1.165) is 23.0 Å². The highest BCUT2D eigenvalue weighted by atomic mass is 16.1. The summed E-state index contributed by atoms with van der Waals surface area (Å²) in [6.45, 7) is 2.73. The number of amides is 1. The van der Waals surface area contributed by atoms with Gasteiger partial charge >= 0.3 is 0 Å². The summed E-state index contributed by atoms with van der Waals surface area (Å²) in [5.41, 5.74) is 1.71. The fourth-order valence-corrected chi connectivity index (χ4v) is 4.67. The number of nitrogens with zero attached hydrogens (tertiary/aromatic N) is 3. The van der Waals surface area contributed by atoms with Crippen molar-refractivity contribution >= 4 is 5.91 Å². The molecule has 4 atom stereocenters. The van der Waals surface area contributed by atoms with Crippen LogP contribution in [0.3, 0.4) is 0 Å². The monoisotopic (exact) mass is 324 g/mol. The Kier molecular flexibility index (Phi) is 4.08. The minimum absolute atomic E-state index is 0.0287. The lowest BCUT2D eigenvalue weighted by molar-refractivity contribution is 0.0914. The Hall–Kier alpha value is -2.17. The van der Waals surface area contributed by atoms with Crippen molar-refractivity contribution in [2.24, 2.45) is 17.8 Å². The maximum Gasteiger partial charge on any atom is 0.251 e. The van der Waals surface area contributed by atoms with Crippen LogP contribution in [0.1, 0.15) is 48.5 Å². The molecule has 126 valence electrons. The molecular formula is C19H24N4O. The van der Waals surface area contributed by atoms with Crippen LogP contribution in [-0.4, -0.2) is 26.7 Å². The fraction of sp³-hybridized carbons (Fsp3) is 0.526. The molecule has 24 heavy (non-hydrogen) atoms. The van der Waals surface area contributed by atoms with Crippen molar-refractivity contribution in [3.8, 4) is 0 Å². The smallest absolute Gasteiger partial charge is 0.251 e. The predicted molar refractivity (Wildman–Crippen MR) is 91.4 cm³/mol. The first-order valence-electron chi connectivity index (χ1n) is 8.92. The first-order valence-corrected chi connectivity index (χ1v) is 8.92. The van der Waals surface area contributed by atoms with E-state index in [1.165, 1.54) is 32.0 Å². The molecule has 2 aromatic rings. The van der Waals surface area contributed by atoms with Crippen LogP contribution in [0.15, 0.2) is 36.9 Å². The van der Waals surface area contributed by atoms with E-state index in [0.29, 0.717) is 12.5 Å². The summed E-state index contributed by atoms with van der Waals surface area (Å²) < 4.78 is 1.74. The van der Waals surface area contributed by atoms with Gasteiger partial charge in [0, 0.05) is 11.6 Å². The maximum absolute atomic E-state index is 12.8. The summed E-state index contributed by atoms with van der Waals surface area (Å²) >= 11 is 0. The van der Waals surface area contributed by atoms with Crippen LogP contribution in [-0.2, 0) is 6.54 Å². The normalized spacial score (nSPS) is 26.5. The molecule has 0 saturated heterocycles. The third-order valence-electron chi connectivity index (χ3n) is 5.85. The van der Waals surface area contributed by atoms with Crippen molar-refractivity contribution < 1.29 is 4.79 Å². The van der Waals surface area contributed by atoms with Gasteiger partial charge in [-0.05, 0) is 55.6 Å². The van der Waals surface area contributed by atoms with Crippen LogP contribution in [0.4, 0.5) is 0 Å². The number of rotatable bonds is 5. The van der Waals surface area contributed by atoms with E-state index < -0.39 is 0 Å². The zero-order chi connectivity index (χ0) is 16.5. The Balaban J connectivity index is 1.46. The average Bonchev–Trinajstić information content (AvgIpc) is 3.33. The van der Waals surface area contributed by atoms with Crippen molar-refractivity contribution in [1.82, 2.24) is 20.1 Å². The summed E-state index contributed by atoms with van der Waals surface area (Å²) in [4.78, 5) is 16.8. The molecule has 2 fully saturated rings. The van der Waals surface area contributed by atoms with E-state index in [2.05, 4.69) is 22.3 Å². The number of aromatic nitrogens is 3. The number of benzene rings is 1. The van der Waals surface area contributed by atoms with Gasteiger partial charge in [-0.25, -0.2) is 9.67 Å². The van der Waals surface area contributed by atoms with Crippen molar-refractivity contribution in [2.45, 2.75) is 45.2 Å². The zero-order valence-corrected chi connectivity index (χ0v) is 14.1. The Morgan fingerprint density at radius 2 is 2.21 bits per heavy atom. The van der Waals surface area contributed by atoms with E-state index in [9.17, 15) is 4.79 Å². The summed E-state index contributed by atoms with van der Waals surface area (Å²) in [5.74, 6) is 2.39. The summed E-state index contributed by atoms with van der Waals surface area (Å²) in [6.07, 6.45) is 8.58. The number of nitrogens with one attached hydrogen (secondary N) is 1. The molecule has 1 aromatic carbocycles. The Morgan fingerprint density at radius 1 is 1.33 bits per heavy atom. The predicted octanol–water partition coefficient (Wildman–Crippen LogP) is 2.88. The molecule has 2 aliphatic carbocycles. The van der Waals surface area contributed by atoms with Gasteiger partial charge in [0.2, 0.25) is 0 Å². The molecule has 1 amide bonds. The molecule has 0 unspecified atom stereocenters. The van der Waals surface area contributed by atoms with Gasteiger partial charge in [0.1, 0.15) is 12.7 Å². The Bertz CT molecular complexity index is 712. The van der Waals surface area contributed by atoms with Crippen molar-refractivity contribution in [3.63, 3.8) is 0 Å². The van der Waals surface area contributed by atoms with Gasteiger partial charge in [0.05, 0.1) is 6.54 Å². The largest absolute Gasteiger partial charge is 0.349 e. The number of hydrogen-bond acceptors (Lipinski definition) is 3. The van der Waals surface area contributed by atoms with E-state index in [-0.39, 0.29) is 11.9 Å². The van der Waals surface area contributed by atoms with Gasteiger partial charge in [-0.1, -0.05) is 24.6 Å². The highest BCUT2D eigenvalue weighted by Gasteiger charge is 2.42. The van der Waals surface area contributed by atoms with Gasteiger partial charge in [-0.15, -0.1) is 0 Å². The minimum Gasteiger partial charge on any atom is -0.349 e. The standard InChI is InChI=1S/C19H24N4O/c1-13(18-9-14-6-7-15(18)8-14)22-19(24)17-5-3-2-4-16(17)10-23-12-20-11-21-23/h2-5,11-15,18H,6-10H2,1H3,(H,22,24)/t13-,14+,15+,18+/m1/s1. The second kappa shape index (κ2) is 6.38. The quantitative estimate of drug-likeness (QED) is 0.920. The molecule has 2 bridgehead atoms. The van der Waals surface area contributed by atoms with Gasteiger partial charge in [-0.3, -0.25) is 4.79 Å². The number of carbonyl (C=O) groups is 1. The van der Waals surface area contributed by atoms with Crippen LogP contribution < -0.4 is 5.32 Å². The third kappa shape index (κ3) is 2.95. The van der Waals surface area contributed by atoms with Crippen LogP contribution in [0.5, 0.6) is 0 Å². The molecule has 2 aliphatic rings. The third-order valence-corrected chi connectivity index (χ3v) is 5.85. The van der Waals surface area contributed by atoms with E-state index >= 15 is 0 Å². The Labute approximate surface area is 142 Å².